The van der Waals surface area contributed by atoms with E-state index in [0.29, 0.717) is 12.1 Å². The zero-order chi connectivity index (χ0) is 15.7. The standard InChI is InChI=1S/C13H16ClFN2O3S/c1-13(4-5-21(19,20)8-13)17-12(18)7-16-9-2-3-11(15)10(14)6-9/h2-3,6,16H,4-5,7-8H2,1H3,(H,17,18). The van der Waals surface area contributed by atoms with Crippen LogP contribution in [0.15, 0.2) is 18.2 Å². The Balaban J connectivity index is 1.89. The number of anilines is 1. The molecule has 1 amide bonds. The molecule has 0 aromatic heterocycles. The normalized spacial score (nSPS) is 23.8. The molecule has 1 saturated heterocycles. The monoisotopic (exact) mass is 334 g/mol. The largest absolute Gasteiger partial charge is 0.376 e. The van der Waals surface area contributed by atoms with Gasteiger partial charge in [0.15, 0.2) is 9.84 Å². The smallest absolute Gasteiger partial charge is 0.239 e. The van der Waals surface area contributed by atoms with Crippen LogP contribution in [0.5, 0.6) is 0 Å². The van der Waals surface area contributed by atoms with Gasteiger partial charge in [0.25, 0.3) is 0 Å². The minimum Gasteiger partial charge on any atom is -0.376 e. The van der Waals surface area contributed by atoms with E-state index < -0.39 is 21.2 Å². The molecule has 0 spiro atoms. The Morgan fingerprint density at radius 1 is 1.48 bits per heavy atom. The summed E-state index contributed by atoms with van der Waals surface area (Å²) in [5.74, 6) is -0.816. The maximum Gasteiger partial charge on any atom is 0.239 e. The number of hydrogen-bond donors (Lipinski definition) is 2. The van der Waals surface area contributed by atoms with Gasteiger partial charge < -0.3 is 10.6 Å². The van der Waals surface area contributed by atoms with Gasteiger partial charge in [0.05, 0.1) is 28.6 Å². The Morgan fingerprint density at radius 3 is 2.76 bits per heavy atom. The van der Waals surface area contributed by atoms with Gasteiger partial charge in [-0.1, -0.05) is 11.6 Å². The number of halogens is 2. The average molecular weight is 335 g/mol. The lowest BCUT2D eigenvalue weighted by atomic mass is 10.0. The molecule has 1 heterocycles. The fourth-order valence-electron chi connectivity index (χ4n) is 2.28. The molecule has 1 aliphatic heterocycles. The first kappa shape index (κ1) is 16.0. The van der Waals surface area contributed by atoms with Gasteiger partial charge in [0.1, 0.15) is 5.82 Å². The van der Waals surface area contributed by atoms with Crippen molar-refractivity contribution in [3.63, 3.8) is 0 Å². The quantitative estimate of drug-likeness (QED) is 0.876. The Hall–Kier alpha value is -1.34. The number of amides is 1. The Bertz CT molecular complexity index is 665. The van der Waals surface area contributed by atoms with Crippen LogP contribution in [0, 0.1) is 5.82 Å². The van der Waals surface area contributed by atoms with Gasteiger partial charge in [0, 0.05) is 5.69 Å². The zero-order valence-electron chi connectivity index (χ0n) is 11.4. The van der Waals surface area contributed by atoms with Crippen LogP contribution in [0.3, 0.4) is 0 Å². The van der Waals surface area contributed by atoms with Crippen LogP contribution < -0.4 is 10.6 Å². The summed E-state index contributed by atoms with van der Waals surface area (Å²) in [6.07, 6.45) is 0.406. The van der Waals surface area contributed by atoms with E-state index in [4.69, 9.17) is 11.6 Å². The minimum absolute atomic E-state index is 0.0331. The predicted molar refractivity (Wildman–Crippen MR) is 79.7 cm³/mol. The highest BCUT2D eigenvalue weighted by Crippen LogP contribution is 2.23. The summed E-state index contributed by atoms with van der Waals surface area (Å²) in [6, 6.07) is 4.05. The number of hydrogen-bond acceptors (Lipinski definition) is 4. The molecule has 1 aromatic carbocycles. The molecule has 0 saturated carbocycles. The van der Waals surface area contributed by atoms with Crippen molar-refractivity contribution in [3.8, 4) is 0 Å². The van der Waals surface area contributed by atoms with E-state index in [1.807, 2.05) is 0 Å². The highest BCUT2D eigenvalue weighted by molar-refractivity contribution is 7.91. The predicted octanol–water partition coefficient (Wildman–Crippen LogP) is 1.58. The number of nitrogens with one attached hydrogen (secondary N) is 2. The second-order valence-electron chi connectivity index (χ2n) is 5.43. The van der Waals surface area contributed by atoms with Crippen molar-refractivity contribution in [2.45, 2.75) is 18.9 Å². The molecule has 0 aliphatic carbocycles. The van der Waals surface area contributed by atoms with Gasteiger partial charge in [-0.25, -0.2) is 12.8 Å². The van der Waals surface area contributed by atoms with E-state index in [1.54, 1.807) is 6.92 Å². The Labute approximate surface area is 127 Å². The second kappa shape index (κ2) is 5.81. The first-order valence-electron chi connectivity index (χ1n) is 6.40. The number of carbonyl (C=O) groups is 1. The molecule has 1 atom stereocenters. The van der Waals surface area contributed by atoms with Crippen LogP contribution in [-0.2, 0) is 14.6 Å². The number of carbonyl (C=O) groups excluding carboxylic acids is 1. The highest BCUT2D eigenvalue weighted by atomic mass is 35.5. The van der Waals surface area contributed by atoms with Crippen LogP contribution in [0.2, 0.25) is 5.02 Å². The third kappa shape index (κ3) is 4.31. The van der Waals surface area contributed by atoms with Gasteiger partial charge >= 0.3 is 0 Å². The first-order valence-corrected chi connectivity index (χ1v) is 8.59. The molecule has 2 rings (SSSR count). The van der Waals surface area contributed by atoms with E-state index in [2.05, 4.69) is 10.6 Å². The van der Waals surface area contributed by atoms with Crippen LogP contribution in [0.4, 0.5) is 10.1 Å². The molecule has 1 aromatic rings. The van der Waals surface area contributed by atoms with Crippen LogP contribution in [-0.4, -0.2) is 37.9 Å². The highest BCUT2D eigenvalue weighted by Gasteiger charge is 2.39. The summed E-state index contributed by atoms with van der Waals surface area (Å²) in [7, 11) is -3.07. The van der Waals surface area contributed by atoms with Crippen molar-refractivity contribution < 1.29 is 17.6 Å². The summed E-state index contributed by atoms with van der Waals surface area (Å²) in [4.78, 5) is 11.9. The van der Waals surface area contributed by atoms with Gasteiger partial charge in [-0.15, -0.1) is 0 Å². The zero-order valence-corrected chi connectivity index (χ0v) is 13.0. The fourth-order valence-corrected chi connectivity index (χ4v) is 4.55. The van der Waals surface area contributed by atoms with Crippen LogP contribution in [0.25, 0.3) is 0 Å². The third-order valence-electron chi connectivity index (χ3n) is 3.32. The summed E-state index contributed by atoms with van der Waals surface area (Å²) < 4.78 is 35.9. The molecule has 1 fully saturated rings. The molecule has 116 valence electrons. The Kier molecular flexibility index (Phi) is 4.43. The lowest BCUT2D eigenvalue weighted by molar-refractivity contribution is -0.120. The number of rotatable bonds is 4. The van der Waals surface area contributed by atoms with Crippen molar-refractivity contribution >= 4 is 33.0 Å². The minimum atomic E-state index is -3.07. The van der Waals surface area contributed by atoms with Gasteiger partial charge in [-0.2, -0.15) is 0 Å². The van der Waals surface area contributed by atoms with Crippen LogP contribution in [0.1, 0.15) is 13.3 Å². The van der Waals surface area contributed by atoms with Crippen molar-refractivity contribution in [2.75, 3.05) is 23.4 Å². The van der Waals surface area contributed by atoms with Crippen molar-refractivity contribution in [1.29, 1.82) is 0 Å². The molecule has 1 aliphatic rings. The summed E-state index contributed by atoms with van der Waals surface area (Å²) in [6.45, 7) is 1.67. The van der Waals surface area contributed by atoms with Gasteiger partial charge in [-0.3, -0.25) is 4.79 Å². The molecular weight excluding hydrogens is 319 g/mol. The molecular formula is C13H16ClFN2O3S. The summed E-state index contributed by atoms with van der Waals surface area (Å²) >= 11 is 5.64. The maximum atomic E-state index is 13.0. The second-order valence-corrected chi connectivity index (χ2v) is 8.02. The molecule has 21 heavy (non-hydrogen) atoms. The van der Waals surface area contributed by atoms with E-state index in [0.717, 1.165) is 0 Å². The van der Waals surface area contributed by atoms with E-state index in [1.165, 1.54) is 18.2 Å². The molecule has 5 nitrogen and oxygen atoms in total. The van der Waals surface area contributed by atoms with E-state index in [-0.39, 0.29) is 29.0 Å². The average Bonchev–Trinajstić information content (AvgIpc) is 2.65. The summed E-state index contributed by atoms with van der Waals surface area (Å²) in [5, 5.41) is 5.50. The van der Waals surface area contributed by atoms with E-state index in [9.17, 15) is 17.6 Å². The van der Waals surface area contributed by atoms with Gasteiger partial charge in [-0.05, 0) is 31.5 Å². The summed E-state index contributed by atoms with van der Waals surface area (Å²) in [5.41, 5.74) is -0.210. The Morgan fingerprint density at radius 2 is 2.19 bits per heavy atom. The molecule has 2 N–H and O–H groups in total. The van der Waals surface area contributed by atoms with Crippen molar-refractivity contribution in [2.24, 2.45) is 0 Å². The lowest BCUT2D eigenvalue weighted by Crippen LogP contribution is -2.48. The maximum absolute atomic E-state index is 13.0. The fraction of sp³-hybridized carbons (Fsp3) is 0.462. The number of benzene rings is 1. The third-order valence-corrected chi connectivity index (χ3v) is 5.51. The van der Waals surface area contributed by atoms with Crippen LogP contribution >= 0.6 is 11.6 Å². The molecule has 0 radical (unpaired) electrons. The van der Waals surface area contributed by atoms with E-state index >= 15 is 0 Å². The van der Waals surface area contributed by atoms with Gasteiger partial charge in [0.2, 0.25) is 5.91 Å². The SMILES string of the molecule is CC1(NC(=O)CNc2ccc(F)c(Cl)c2)CCS(=O)(=O)C1. The first-order chi connectivity index (χ1) is 9.69. The molecule has 8 heteroatoms. The number of sulfone groups is 1. The lowest BCUT2D eigenvalue weighted by Gasteiger charge is -2.24. The van der Waals surface area contributed by atoms with Crippen molar-refractivity contribution in [3.05, 3.63) is 29.0 Å². The molecule has 0 bridgehead atoms. The molecule has 1 unspecified atom stereocenters. The topological polar surface area (TPSA) is 75.3 Å². The van der Waals surface area contributed by atoms with Crippen molar-refractivity contribution in [1.82, 2.24) is 5.32 Å².